The van der Waals surface area contributed by atoms with E-state index in [0.717, 1.165) is 34.7 Å². The molecule has 152 valence electrons. The van der Waals surface area contributed by atoms with Crippen molar-refractivity contribution >= 4 is 23.2 Å². The first-order chi connectivity index (χ1) is 14.6. The Morgan fingerprint density at radius 2 is 1.70 bits per heavy atom. The second-order valence-corrected chi connectivity index (χ2v) is 7.90. The molecule has 1 heterocycles. The molecule has 30 heavy (non-hydrogen) atoms. The molecule has 0 aliphatic heterocycles. The molecule has 0 aliphatic rings. The monoisotopic (exact) mass is 396 g/mol. The van der Waals surface area contributed by atoms with E-state index in [-0.39, 0.29) is 0 Å². The normalized spacial score (nSPS) is 11.6. The smallest absolute Gasteiger partial charge is 0.133 e. The van der Waals surface area contributed by atoms with Crippen LogP contribution < -0.4 is 4.74 Å². The van der Waals surface area contributed by atoms with Crippen LogP contribution in [0.5, 0.6) is 5.75 Å². The number of aryl methyl sites for hydroxylation is 1. The van der Waals surface area contributed by atoms with Crippen LogP contribution >= 0.6 is 0 Å². The summed E-state index contributed by atoms with van der Waals surface area (Å²) >= 11 is 0. The van der Waals surface area contributed by atoms with Crippen molar-refractivity contribution in [3.8, 4) is 5.75 Å². The number of nitrogens with zero attached hydrogens (tertiary/aromatic N) is 2. The molecule has 3 heteroatoms. The minimum Gasteiger partial charge on any atom is -0.491 e. The van der Waals surface area contributed by atoms with Gasteiger partial charge >= 0.3 is 0 Å². The third-order valence-electron chi connectivity index (χ3n) is 5.27. The van der Waals surface area contributed by atoms with Crippen LogP contribution in [-0.2, 0) is 6.54 Å². The number of aromatic nitrogens is 2. The quantitative estimate of drug-likeness (QED) is 0.347. The Bertz CT molecular complexity index is 1160. The summed E-state index contributed by atoms with van der Waals surface area (Å²) in [6.07, 6.45) is 4.19. The summed E-state index contributed by atoms with van der Waals surface area (Å²) in [6, 6.07) is 25.0. The first-order valence-corrected chi connectivity index (χ1v) is 10.5. The van der Waals surface area contributed by atoms with E-state index < -0.39 is 0 Å². The Hall–Kier alpha value is -3.33. The van der Waals surface area contributed by atoms with Crippen LogP contribution in [0.2, 0.25) is 0 Å². The van der Waals surface area contributed by atoms with E-state index in [9.17, 15) is 0 Å². The first-order valence-electron chi connectivity index (χ1n) is 10.5. The predicted molar refractivity (Wildman–Crippen MR) is 126 cm³/mol. The van der Waals surface area contributed by atoms with E-state index in [1.165, 1.54) is 11.1 Å². The molecule has 0 N–H and O–H groups in total. The Balaban J connectivity index is 1.58. The Morgan fingerprint density at radius 3 is 2.50 bits per heavy atom. The van der Waals surface area contributed by atoms with Crippen LogP contribution in [0.25, 0.3) is 23.2 Å². The van der Waals surface area contributed by atoms with Gasteiger partial charge in [-0.3, -0.25) is 0 Å². The molecule has 3 aromatic carbocycles. The molecule has 4 aromatic rings. The maximum atomic E-state index is 6.25. The fraction of sp³-hybridized carbons (Fsp3) is 0.222. The van der Waals surface area contributed by atoms with Crippen molar-refractivity contribution in [2.45, 2.75) is 33.2 Å². The van der Waals surface area contributed by atoms with Crippen LogP contribution in [-0.4, -0.2) is 16.2 Å². The summed E-state index contributed by atoms with van der Waals surface area (Å²) in [5, 5.41) is 0. The zero-order chi connectivity index (χ0) is 20.9. The van der Waals surface area contributed by atoms with Gasteiger partial charge in [0.2, 0.25) is 0 Å². The van der Waals surface area contributed by atoms with Crippen molar-refractivity contribution in [3.63, 3.8) is 0 Å². The lowest BCUT2D eigenvalue weighted by Crippen LogP contribution is -2.11. The molecule has 0 amide bonds. The molecular formula is C27H28N2O. The van der Waals surface area contributed by atoms with Gasteiger partial charge in [-0.2, -0.15) is 0 Å². The van der Waals surface area contributed by atoms with Gasteiger partial charge in [0, 0.05) is 0 Å². The number of hydrogen-bond acceptors (Lipinski definition) is 2. The predicted octanol–water partition coefficient (Wildman–Crippen LogP) is 6.72. The Labute approximate surface area is 178 Å². The average Bonchev–Trinajstić information content (AvgIpc) is 3.10. The number of rotatable bonds is 7. The van der Waals surface area contributed by atoms with Crippen molar-refractivity contribution in [1.29, 1.82) is 0 Å². The van der Waals surface area contributed by atoms with Crippen molar-refractivity contribution in [3.05, 3.63) is 95.3 Å². The third kappa shape index (κ3) is 4.46. The van der Waals surface area contributed by atoms with Crippen LogP contribution in [0.4, 0.5) is 0 Å². The Kier molecular flexibility index (Phi) is 5.99. The molecule has 0 spiro atoms. The fourth-order valence-corrected chi connectivity index (χ4v) is 3.68. The molecule has 0 atom stereocenters. The maximum Gasteiger partial charge on any atom is 0.133 e. The SMILES string of the molecule is Cc1ccc(C(C)C)c(OCCn2c(/C=C/c3ccccc3)nc3ccccc32)c1. The molecule has 0 saturated carbocycles. The molecule has 0 unspecified atom stereocenters. The minimum absolute atomic E-state index is 0.430. The van der Waals surface area contributed by atoms with Crippen molar-refractivity contribution < 1.29 is 4.74 Å². The third-order valence-corrected chi connectivity index (χ3v) is 5.27. The number of fused-ring (bicyclic) bond motifs is 1. The van der Waals surface area contributed by atoms with Gasteiger partial charge < -0.3 is 9.30 Å². The lowest BCUT2D eigenvalue weighted by atomic mass is 10.0. The van der Waals surface area contributed by atoms with Crippen LogP contribution in [0.3, 0.4) is 0 Å². The molecule has 0 radical (unpaired) electrons. The second-order valence-electron chi connectivity index (χ2n) is 7.90. The molecule has 0 aliphatic carbocycles. The summed E-state index contributed by atoms with van der Waals surface area (Å²) in [5.74, 6) is 2.35. The molecule has 4 rings (SSSR count). The van der Waals surface area contributed by atoms with Gasteiger partial charge in [-0.15, -0.1) is 0 Å². The van der Waals surface area contributed by atoms with Crippen molar-refractivity contribution in [2.75, 3.05) is 6.61 Å². The molecule has 3 nitrogen and oxygen atoms in total. The van der Waals surface area contributed by atoms with Crippen LogP contribution in [0, 0.1) is 6.92 Å². The number of imidazole rings is 1. The maximum absolute atomic E-state index is 6.25. The van der Waals surface area contributed by atoms with E-state index in [0.29, 0.717) is 12.5 Å². The zero-order valence-corrected chi connectivity index (χ0v) is 17.9. The lowest BCUT2D eigenvalue weighted by molar-refractivity contribution is 0.295. The van der Waals surface area contributed by atoms with Gasteiger partial charge in [0.1, 0.15) is 18.2 Å². The van der Waals surface area contributed by atoms with Crippen molar-refractivity contribution in [1.82, 2.24) is 9.55 Å². The van der Waals surface area contributed by atoms with E-state index in [1.54, 1.807) is 0 Å². The highest BCUT2D eigenvalue weighted by atomic mass is 16.5. The summed E-state index contributed by atoms with van der Waals surface area (Å²) in [4.78, 5) is 4.83. The highest BCUT2D eigenvalue weighted by Gasteiger charge is 2.11. The van der Waals surface area contributed by atoms with Gasteiger partial charge in [0.15, 0.2) is 0 Å². The lowest BCUT2D eigenvalue weighted by Gasteiger charge is -2.15. The molecule has 0 bridgehead atoms. The zero-order valence-electron chi connectivity index (χ0n) is 17.9. The second kappa shape index (κ2) is 9.00. The number of benzene rings is 3. The van der Waals surface area contributed by atoms with Gasteiger partial charge in [-0.1, -0.05) is 74.5 Å². The number of para-hydroxylation sites is 2. The average molecular weight is 397 g/mol. The Morgan fingerprint density at radius 1 is 0.933 bits per heavy atom. The molecule has 1 aromatic heterocycles. The van der Waals surface area contributed by atoms with Gasteiger partial charge in [-0.25, -0.2) is 4.98 Å². The number of hydrogen-bond donors (Lipinski definition) is 0. The van der Waals surface area contributed by atoms with Crippen LogP contribution in [0.1, 0.15) is 42.3 Å². The fourth-order valence-electron chi connectivity index (χ4n) is 3.68. The van der Waals surface area contributed by atoms with Crippen LogP contribution in [0.15, 0.2) is 72.8 Å². The topological polar surface area (TPSA) is 27.1 Å². The summed E-state index contributed by atoms with van der Waals surface area (Å²) in [7, 11) is 0. The van der Waals surface area contributed by atoms with E-state index in [1.807, 2.05) is 24.3 Å². The summed E-state index contributed by atoms with van der Waals surface area (Å²) in [6.45, 7) is 7.84. The highest BCUT2D eigenvalue weighted by Crippen LogP contribution is 2.27. The molecular weight excluding hydrogens is 368 g/mol. The molecule has 0 saturated heterocycles. The largest absolute Gasteiger partial charge is 0.491 e. The summed E-state index contributed by atoms with van der Waals surface area (Å²) in [5.41, 5.74) is 5.76. The van der Waals surface area contributed by atoms with Gasteiger partial charge in [0.25, 0.3) is 0 Å². The van der Waals surface area contributed by atoms with Gasteiger partial charge in [0.05, 0.1) is 17.6 Å². The minimum atomic E-state index is 0.430. The van der Waals surface area contributed by atoms with Gasteiger partial charge in [-0.05, 0) is 53.8 Å². The highest BCUT2D eigenvalue weighted by molar-refractivity contribution is 5.79. The van der Waals surface area contributed by atoms with E-state index in [2.05, 4.69) is 86.0 Å². The van der Waals surface area contributed by atoms with E-state index >= 15 is 0 Å². The summed E-state index contributed by atoms with van der Waals surface area (Å²) < 4.78 is 8.48. The molecule has 0 fully saturated rings. The van der Waals surface area contributed by atoms with E-state index in [4.69, 9.17) is 9.72 Å². The number of ether oxygens (including phenoxy) is 1. The first kappa shape index (κ1) is 20.0. The standard InChI is InChI=1S/C27H28N2O/c1-20(2)23-15-13-21(3)19-26(23)30-18-17-29-25-12-8-7-11-24(25)28-27(29)16-14-22-9-5-4-6-10-22/h4-16,19-20H,17-18H2,1-3H3/b16-14+. The van der Waals surface area contributed by atoms with Crippen molar-refractivity contribution in [2.24, 2.45) is 0 Å².